The molecule has 0 bridgehead atoms. The second-order valence-electron chi connectivity index (χ2n) is 6.84. The molecule has 2 aliphatic carbocycles. The van der Waals surface area contributed by atoms with Crippen molar-refractivity contribution in [2.45, 2.75) is 51.4 Å². The van der Waals surface area contributed by atoms with Crippen molar-refractivity contribution in [3.63, 3.8) is 0 Å². The van der Waals surface area contributed by atoms with Gasteiger partial charge in [0.25, 0.3) is 5.24 Å². The van der Waals surface area contributed by atoms with Crippen LogP contribution in [0, 0.1) is 17.8 Å². The molecule has 1 aromatic carbocycles. The summed E-state index contributed by atoms with van der Waals surface area (Å²) in [7, 11) is 0. The van der Waals surface area contributed by atoms with Gasteiger partial charge in [-0.25, -0.2) is 0 Å². The third-order valence-electron chi connectivity index (χ3n) is 5.46. The Bertz CT molecular complexity index is 463. The monoisotopic (exact) mass is 290 g/mol. The van der Waals surface area contributed by atoms with E-state index in [1.165, 1.54) is 44.1 Å². The van der Waals surface area contributed by atoms with Crippen LogP contribution in [0.25, 0.3) is 0 Å². The highest BCUT2D eigenvalue weighted by molar-refractivity contribution is 6.67. The molecule has 2 heteroatoms. The van der Waals surface area contributed by atoms with E-state index in [1.807, 2.05) is 12.1 Å². The first-order chi connectivity index (χ1) is 9.63. The van der Waals surface area contributed by atoms with Crippen LogP contribution in [0.4, 0.5) is 0 Å². The van der Waals surface area contributed by atoms with Crippen LogP contribution in [0.3, 0.4) is 0 Å². The van der Waals surface area contributed by atoms with E-state index < -0.39 is 0 Å². The molecule has 20 heavy (non-hydrogen) atoms. The van der Waals surface area contributed by atoms with Crippen molar-refractivity contribution in [3.8, 4) is 0 Å². The van der Waals surface area contributed by atoms with E-state index >= 15 is 0 Å². The van der Waals surface area contributed by atoms with E-state index in [0.717, 1.165) is 17.8 Å². The zero-order valence-corrected chi connectivity index (χ0v) is 12.9. The van der Waals surface area contributed by atoms with Crippen molar-refractivity contribution in [1.29, 1.82) is 0 Å². The molecule has 1 aromatic rings. The Hall–Kier alpha value is -0.820. The number of benzene rings is 1. The van der Waals surface area contributed by atoms with Crippen LogP contribution in [0.2, 0.25) is 0 Å². The van der Waals surface area contributed by atoms with Crippen LogP contribution >= 0.6 is 11.6 Å². The van der Waals surface area contributed by atoms with Crippen LogP contribution in [-0.2, 0) is 0 Å². The molecule has 2 aliphatic rings. The molecule has 2 atom stereocenters. The van der Waals surface area contributed by atoms with Gasteiger partial charge in [-0.05, 0) is 91.5 Å². The number of fused-ring (bicyclic) bond motifs is 1. The van der Waals surface area contributed by atoms with E-state index in [1.54, 1.807) is 0 Å². The van der Waals surface area contributed by atoms with Gasteiger partial charge in [0, 0.05) is 5.56 Å². The summed E-state index contributed by atoms with van der Waals surface area (Å²) in [5.41, 5.74) is 1.99. The fraction of sp³-hybridized carbons (Fsp3) is 0.611. The van der Waals surface area contributed by atoms with Gasteiger partial charge in [-0.1, -0.05) is 19.1 Å². The SMILES string of the molecule is CC1CC2CCC(c3ccc(C(=O)Cl)cc3)CCC2C1. The van der Waals surface area contributed by atoms with Gasteiger partial charge in [-0.15, -0.1) is 0 Å². The molecular weight excluding hydrogens is 268 g/mol. The standard InChI is InChI=1S/C18H23ClO/c1-12-10-16-8-4-14(5-9-17(16)11-12)13-2-6-15(7-3-13)18(19)20/h2-3,6-7,12,14,16-17H,4-5,8-11H2,1H3. The van der Waals surface area contributed by atoms with Crippen LogP contribution in [0.1, 0.15) is 67.3 Å². The molecule has 108 valence electrons. The molecule has 0 spiro atoms. The lowest BCUT2D eigenvalue weighted by atomic mass is 9.90. The third kappa shape index (κ3) is 2.93. The summed E-state index contributed by atoms with van der Waals surface area (Å²) >= 11 is 5.51. The Morgan fingerprint density at radius 1 is 1.00 bits per heavy atom. The molecule has 0 heterocycles. The van der Waals surface area contributed by atoms with Gasteiger partial charge in [0.15, 0.2) is 0 Å². The molecule has 0 aromatic heterocycles. The van der Waals surface area contributed by atoms with Crippen LogP contribution in [0.5, 0.6) is 0 Å². The molecule has 2 unspecified atom stereocenters. The maximum atomic E-state index is 11.1. The molecule has 2 fully saturated rings. The lowest BCUT2D eigenvalue weighted by Gasteiger charge is -2.15. The average molecular weight is 291 g/mol. The first-order valence-electron chi connectivity index (χ1n) is 7.93. The fourth-order valence-electron chi connectivity index (χ4n) is 4.42. The van der Waals surface area contributed by atoms with Crippen molar-refractivity contribution < 1.29 is 4.79 Å². The Morgan fingerprint density at radius 3 is 2.05 bits per heavy atom. The van der Waals surface area contributed by atoms with Gasteiger partial charge < -0.3 is 0 Å². The number of carbonyl (C=O) groups is 1. The van der Waals surface area contributed by atoms with Crippen molar-refractivity contribution in [3.05, 3.63) is 35.4 Å². The summed E-state index contributed by atoms with van der Waals surface area (Å²) < 4.78 is 0. The topological polar surface area (TPSA) is 17.1 Å². The minimum absolute atomic E-state index is 0.360. The second-order valence-corrected chi connectivity index (χ2v) is 7.19. The smallest absolute Gasteiger partial charge is 0.252 e. The molecule has 2 saturated carbocycles. The predicted octanol–water partition coefficient (Wildman–Crippen LogP) is 5.39. The van der Waals surface area contributed by atoms with Gasteiger partial charge >= 0.3 is 0 Å². The van der Waals surface area contributed by atoms with Gasteiger partial charge in [0.1, 0.15) is 0 Å². The van der Waals surface area contributed by atoms with E-state index in [2.05, 4.69) is 19.1 Å². The summed E-state index contributed by atoms with van der Waals surface area (Å²) in [6.45, 7) is 2.41. The quantitative estimate of drug-likeness (QED) is 0.668. The van der Waals surface area contributed by atoms with Crippen molar-refractivity contribution in [2.24, 2.45) is 17.8 Å². The summed E-state index contributed by atoms with van der Waals surface area (Å²) in [5.74, 6) is 3.56. The Labute approximate surface area is 126 Å². The van der Waals surface area contributed by atoms with Crippen LogP contribution < -0.4 is 0 Å². The molecule has 0 radical (unpaired) electrons. The average Bonchev–Trinajstić information content (AvgIpc) is 2.68. The first kappa shape index (κ1) is 14.1. The number of hydrogen-bond donors (Lipinski definition) is 0. The highest BCUT2D eigenvalue weighted by Crippen LogP contribution is 2.46. The molecule has 0 N–H and O–H groups in total. The highest BCUT2D eigenvalue weighted by Gasteiger charge is 2.34. The Morgan fingerprint density at radius 2 is 1.55 bits per heavy atom. The van der Waals surface area contributed by atoms with Gasteiger partial charge in [-0.3, -0.25) is 4.79 Å². The summed E-state index contributed by atoms with van der Waals surface area (Å²) in [5, 5.41) is -0.360. The largest absolute Gasteiger partial charge is 0.276 e. The molecule has 3 rings (SSSR count). The van der Waals surface area contributed by atoms with E-state index in [9.17, 15) is 4.79 Å². The van der Waals surface area contributed by atoms with Crippen molar-refractivity contribution in [1.82, 2.24) is 0 Å². The predicted molar refractivity (Wildman–Crippen MR) is 83.2 cm³/mol. The zero-order valence-electron chi connectivity index (χ0n) is 12.1. The van der Waals surface area contributed by atoms with E-state index in [0.29, 0.717) is 11.5 Å². The third-order valence-corrected chi connectivity index (χ3v) is 5.68. The molecule has 1 nitrogen and oxygen atoms in total. The number of carbonyl (C=O) groups excluding carboxylic acids is 1. The van der Waals surface area contributed by atoms with Gasteiger partial charge in [0.05, 0.1) is 0 Å². The maximum absolute atomic E-state index is 11.1. The number of hydrogen-bond acceptors (Lipinski definition) is 1. The van der Waals surface area contributed by atoms with Crippen molar-refractivity contribution in [2.75, 3.05) is 0 Å². The minimum atomic E-state index is -0.360. The first-order valence-corrected chi connectivity index (χ1v) is 8.31. The fourth-order valence-corrected chi connectivity index (χ4v) is 4.54. The zero-order chi connectivity index (χ0) is 14.1. The lowest BCUT2D eigenvalue weighted by Crippen LogP contribution is -2.04. The summed E-state index contributed by atoms with van der Waals surface area (Å²) in [6, 6.07) is 7.95. The Balaban J connectivity index is 1.68. The minimum Gasteiger partial charge on any atom is -0.276 e. The van der Waals surface area contributed by atoms with Crippen LogP contribution in [-0.4, -0.2) is 5.24 Å². The Kier molecular flexibility index (Phi) is 4.16. The number of rotatable bonds is 2. The molecule has 0 aliphatic heterocycles. The summed E-state index contributed by atoms with van der Waals surface area (Å²) in [6.07, 6.45) is 8.27. The number of halogens is 1. The maximum Gasteiger partial charge on any atom is 0.252 e. The van der Waals surface area contributed by atoms with E-state index in [4.69, 9.17) is 11.6 Å². The molecule has 0 saturated heterocycles. The summed E-state index contributed by atoms with van der Waals surface area (Å²) in [4.78, 5) is 11.1. The molecular formula is C18H23ClO. The van der Waals surface area contributed by atoms with Crippen molar-refractivity contribution >= 4 is 16.8 Å². The van der Waals surface area contributed by atoms with E-state index in [-0.39, 0.29) is 5.24 Å². The molecule has 0 amide bonds. The second kappa shape index (κ2) is 5.89. The van der Waals surface area contributed by atoms with Crippen LogP contribution in [0.15, 0.2) is 24.3 Å². The van der Waals surface area contributed by atoms with Gasteiger partial charge in [0.2, 0.25) is 0 Å². The normalized spacial score (nSPS) is 33.5. The lowest BCUT2D eigenvalue weighted by molar-refractivity contribution is 0.108. The highest BCUT2D eigenvalue weighted by atomic mass is 35.5. The van der Waals surface area contributed by atoms with Gasteiger partial charge in [-0.2, -0.15) is 0 Å².